The fourth-order valence-electron chi connectivity index (χ4n) is 2.42. The molecule has 0 bridgehead atoms. The van der Waals surface area contributed by atoms with Crippen LogP contribution in [0.3, 0.4) is 0 Å². The minimum absolute atomic E-state index is 0.467. The quantitative estimate of drug-likeness (QED) is 0.596. The number of ether oxygens (including phenoxy) is 1. The lowest BCUT2D eigenvalue weighted by molar-refractivity contribution is -0.475. The summed E-state index contributed by atoms with van der Waals surface area (Å²) in [7, 11) is 1.56. The van der Waals surface area contributed by atoms with Gasteiger partial charge in [-0.2, -0.15) is 4.73 Å². The summed E-state index contributed by atoms with van der Waals surface area (Å²) in [6, 6.07) is 5.06. The van der Waals surface area contributed by atoms with Crippen molar-refractivity contribution in [3.05, 3.63) is 34.5 Å². The van der Waals surface area contributed by atoms with Gasteiger partial charge < -0.3 is 9.94 Å². The first-order chi connectivity index (χ1) is 8.22. The molecule has 0 spiro atoms. The van der Waals surface area contributed by atoms with Crippen LogP contribution in [0.2, 0.25) is 0 Å². The number of fused-ring (bicyclic) bond motifs is 2. The molecule has 3 rings (SSSR count). The number of hydrogen-bond donors (Lipinski definition) is 1. The Balaban J connectivity index is 2.45. The Morgan fingerprint density at radius 2 is 2.24 bits per heavy atom. The fourth-order valence-corrected chi connectivity index (χ4v) is 2.42. The van der Waals surface area contributed by atoms with Crippen molar-refractivity contribution in [2.45, 2.75) is 19.3 Å². The molecule has 0 amide bonds. The zero-order chi connectivity index (χ0) is 12.0. The number of hydrogen-bond acceptors (Lipinski definition) is 3. The predicted octanol–water partition coefficient (Wildman–Crippen LogP) is 1.29. The van der Waals surface area contributed by atoms with E-state index < -0.39 is 0 Å². The monoisotopic (exact) mass is 233 g/mol. The van der Waals surface area contributed by atoms with Gasteiger partial charge in [0.2, 0.25) is 0 Å². The van der Waals surface area contributed by atoms with E-state index in [1.54, 1.807) is 25.3 Å². The van der Waals surface area contributed by atoms with Gasteiger partial charge in [-0.25, -0.2) is 0 Å². The van der Waals surface area contributed by atoms with Gasteiger partial charge in [-0.3, -0.25) is 0 Å². The van der Waals surface area contributed by atoms with E-state index in [1.165, 1.54) is 0 Å². The molecule has 2 aromatic rings. The van der Waals surface area contributed by atoms with Gasteiger partial charge in [-0.1, -0.05) is 0 Å². The third kappa shape index (κ3) is 1.32. The van der Waals surface area contributed by atoms with Crippen molar-refractivity contribution in [2.75, 3.05) is 7.11 Å². The Labute approximate surface area is 97.4 Å². The molecule has 1 heterocycles. The largest absolute Gasteiger partial charge is 0.497 e. The Kier molecular flexibility index (Phi) is 2.07. The summed E-state index contributed by atoms with van der Waals surface area (Å²) in [6.45, 7) is 0. The van der Waals surface area contributed by atoms with Crippen molar-refractivity contribution in [3.8, 4) is 5.75 Å². The second kappa shape index (κ2) is 3.48. The molecule has 0 saturated carbocycles. The Hall–Kier alpha value is -2.04. The summed E-state index contributed by atoms with van der Waals surface area (Å²) in [4.78, 5) is 12.1. The SMILES string of the molecule is COc1ccc2c(c1)n(O)c1c([n+]2=O)CCC1. The first-order valence-electron chi connectivity index (χ1n) is 5.58. The molecule has 17 heavy (non-hydrogen) atoms. The number of rotatable bonds is 1. The molecule has 0 radical (unpaired) electrons. The summed E-state index contributed by atoms with van der Waals surface area (Å²) in [5, 5.41) is 10.1. The fraction of sp³-hybridized carbons (Fsp3) is 0.333. The van der Waals surface area contributed by atoms with E-state index in [0.717, 1.165) is 28.4 Å². The maximum atomic E-state index is 12.1. The van der Waals surface area contributed by atoms with Crippen LogP contribution < -0.4 is 9.16 Å². The van der Waals surface area contributed by atoms with Gasteiger partial charge in [0.05, 0.1) is 11.5 Å². The molecule has 1 aliphatic carbocycles. The van der Waals surface area contributed by atoms with Gasteiger partial charge in [-0.15, -0.1) is 0 Å². The molecule has 5 nitrogen and oxygen atoms in total. The van der Waals surface area contributed by atoms with Crippen molar-refractivity contribution >= 4 is 11.0 Å². The molecule has 1 aromatic carbocycles. The highest BCUT2D eigenvalue weighted by Crippen LogP contribution is 2.24. The summed E-state index contributed by atoms with van der Waals surface area (Å²) in [5.41, 5.74) is 2.33. The van der Waals surface area contributed by atoms with Crippen molar-refractivity contribution in [1.82, 2.24) is 4.73 Å². The van der Waals surface area contributed by atoms with Crippen molar-refractivity contribution in [1.29, 1.82) is 0 Å². The van der Waals surface area contributed by atoms with Crippen LogP contribution in [0.1, 0.15) is 17.8 Å². The van der Waals surface area contributed by atoms with E-state index in [9.17, 15) is 10.1 Å². The van der Waals surface area contributed by atoms with Crippen LogP contribution in [0, 0.1) is 4.91 Å². The highest BCUT2D eigenvalue weighted by atomic mass is 16.5. The molecule has 0 aliphatic heterocycles. The zero-order valence-corrected chi connectivity index (χ0v) is 9.51. The summed E-state index contributed by atoms with van der Waals surface area (Å²) >= 11 is 0. The average molecular weight is 233 g/mol. The summed E-state index contributed by atoms with van der Waals surface area (Å²) in [6.07, 6.45) is 2.37. The lowest BCUT2D eigenvalue weighted by atomic mass is 10.2. The normalized spacial score (nSPS) is 13.9. The molecular weight excluding hydrogens is 220 g/mol. The third-order valence-corrected chi connectivity index (χ3v) is 3.29. The van der Waals surface area contributed by atoms with Crippen molar-refractivity contribution < 1.29 is 14.4 Å². The van der Waals surface area contributed by atoms with Gasteiger partial charge >= 0.3 is 0 Å². The molecule has 0 unspecified atom stereocenters. The second-order valence-electron chi connectivity index (χ2n) is 4.21. The maximum Gasteiger partial charge on any atom is 0.290 e. The van der Waals surface area contributed by atoms with Crippen LogP contribution in [0.15, 0.2) is 18.2 Å². The first kappa shape index (κ1) is 10.1. The zero-order valence-electron chi connectivity index (χ0n) is 9.51. The van der Waals surface area contributed by atoms with Crippen LogP contribution in [0.25, 0.3) is 11.0 Å². The Morgan fingerprint density at radius 1 is 1.41 bits per heavy atom. The second-order valence-corrected chi connectivity index (χ2v) is 4.21. The van der Waals surface area contributed by atoms with Crippen LogP contribution in [0.5, 0.6) is 5.75 Å². The van der Waals surface area contributed by atoms with Gasteiger partial charge in [0.25, 0.3) is 11.2 Å². The van der Waals surface area contributed by atoms with Crippen LogP contribution in [0.4, 0.5) is 0 Å². The Morgan fingerprint density at radius 3 is 3.00 bits per heavy atom. The standard InChI is InChI=1S/C12H13N2O3/c1-17-8-5-6-11-12(7-8)14(16)10-4-2-3-9(10)13(11)15/h5-7,16H,2-4H2,1H3/q+1. The van der Waals surface area contributed by atoms with Crippen molar-refractivity contribution in [2.24, 2.45) is 0 Å². The van der Waals surface area contributed by atoms with Gasteiger partial charge in [0.1, 0.15) is 11.4 Å². The van der Waals surface area contributed by atoms with E-state index in [4.69, 9.17) is 4.74 Å². The van der Waals surface area contributed by atoms with E-state index in [-0.39, 0.29) is 0 Å². The maximum absolute atomic E-state index is 12.1. The summed E-state index contributed by atoms with van der Waals surface area (Å²) < 4.78 is 7.14. The highest BCUT2D eigenvalue weighted by Gasteiger charge is 2.29. The number of methoxy groups -OCH3 is 1. The number of aromatic nitrogens is 2. The molecule has 5 heteroatoms. The summed E-state index contributed by atoms with van der Waals surface area (Å²) in [5.74, 6) is 0.623. The minimum atomic E-state index is 0.467. The highest BCUT2D eigenvalue weighted by molar-refractivity contribution is 5.73. The number of nitrogens with zero attached hydrogens (tertiary/aromatic N) is 2. The predicted molar refractivity (Wildman–Crippen MR) is 61.1 cm³/mol. The topological polar surface area (TPSA) is 57.4 Å². The number of benzene rings is 1. The van der Waals surface area contributed by atoms with Crippen LogP contribution >= 0.6 is 0 Å². The van der Waals surface area contributed by atoms with Gasteiger partial charge in [-0.05, 0) is 18.9 Å². The molecule has 1 aliphatic rings. The lowest BCUT2D eigenvalue weighted by Gasteiger charge is -2.05. The molecule has 0 atom stereocenters. The minimum Gasteiger partial charge on any atom is -0.497 e. The van der Waals surface area contributed by atoms with E-state index >= 15 is 0 Å². The molecule has 0 saturated heterocycles. The van der Waals surface area contributed by atoms with Crippen molar-refractivity contribution in [3.63, 3.8) is 0 Å². The average Bonchev–Trinajstić information content (AvgIpc) is 2.85. The van der Waals surface area contributed by atoms with E-state index in [0.29, 0.717) is 28.2 Å². The lowest BCUT2D eigenvalue weighted by Crippen LogP contribution is -2.25. The molecule has 88 valence electrons. The van der Waals surface area contributed by atoms with E-state index in [2.05, 4.69) is 0 Å². The van der Waals surface area contributed by atoms with Crippen LogP contribution in [-0.2, 0) is 12.8 Å². The third-order valence-electron chi connectivity index (χ3n) is 3.29. The smallest absolute Gasteiger partial charge is 0.290 e. The first-order valence-corrected chi connectivity index (χ1v) is 5.58. The molecule has 1 aromatic heterocycles. The van der Waals surface area contributed by atoms with Gasteiger partial charge in [0, 0.05) is 23.5 Å². The van der Waals surface area contributed by atoms with Gasteiger partial charge in [0.15, 0.2) is 5.52 Å². The molecule has 1 N–H and O–H groups in total. The molecule has 0 fully saturated rings. The molecular formula is C12H13N2O3+. The van der Waals surface area contributed by atoms with Crippen LogP contribution in [-0.4, -0.2) is 17.0 Å². The van der Waals surface area contributed by atoms with E-state index in [1.807, 2.05) is 0 Å². The Bertz CT molecular complexity index is 661.